The van der Waals surface area contributed by atoms with Crippen molar-refractivity contribution >= 4 is 17.3 Å². The normalized spacial score (nSPS) is 24.7. The Morgan fingerprint density at radius 2 is 2.33 bits per heavy atom. The van der Waals surface area contributed by atoms with Crippen LogP contribution in [0.2, 0.25) is 0 Å². The smallest absolute Gasteiger partial charge is 0.348 e. The van der Waals surface area contributed by atoms with E-state index in [2.05, 4.69) is 6.07 Å². The molecule has 2 rings (SSSR count). The number of nitriles is 1. The van der Waals surface area contributed by atoms with Gasteiger partial charge in [0.1, 0.15) is 4.88 Å². The van der Waals surface area contributed by atoms with Gasteiger partial charge in [0.05, 0.1) is 13.2 Å². The predicted octanol–water partition coefficient (Wildman–Crippen LogP) is 3.02. The number of ether oxygens (including phenoxy) is 1. The van der Waals surface area contributed by atoms with E-state index in [9.17, 15) is 15.2 Å². The lowest BCUT2D eigenvalue weighted by Gasteiger charge is -2.19. The maximum atomic E-state index is 11.4. The number of hydrogen-bond donors (Lipinski definition) is 1. The molecule has 1 aliphatic carbocycles. The summed E-state index contributed by atoms with van der Waals surface area (Å²) in [6, 6.07) is 6.15. The van der Waals surface area contributed by atoms with Gasteiger partial charge in [-0.15, -0.1) is 11.3 Å². The van der Waals surface area contributed by atoms with Crippen LogP contribution in [-0.4, -0.2) is 24.8 Å². The highest BCUT2D eigenvalue weighted by Crippen LogP contribution is 2.39. The zero-order valence-corrected chi connectivity index (χ0v) is 13.1. The minimum Gasteiger partial charge on any atom is -0.465 e. The van der Waals surface area contributed by atoms with Gasteiger partial charge < -0.3 is 9.84 Å². The van der Waals surface area contributed by atoms with Gasteiger partial charge in [0.25, 0.3) is 0 Å². The van der Waals surface area contributed by atoms with E-state index in [1.54, 1.807) is 6.07 Å². The van der Waals surface area contributed by atoms with E-state index in [0.29, 0.717) is 10.8 Å². The molecule has 1 N–H and O–H groups in total. The van der Waals surface area contributed by atoms with E-state index < -0.39 is 0 Å². The lowest BCUT2D eigenvalue weighted by molar-refractivity contribution is 0.0606. The summed E-state index contributed by atoms with van der Waals surface area (Å²) in [5.74, 6) is 0.409. The Morgan fingerprint density at radius 1 is 1.52 bits per heavy atom. The SMILES string of the molecule is COC(=O)c1ccc(CCC[C@@H]2[C@@H](CO)CC[C@H]2C#N)s1. The molecule has 0 amide bonds. The van der Waals surface area contributed by atoms with Gasteiger partial charge in [-0.3, -0.25) is 0 Å². The molecular weight excluding hydrogens is 286 g/mol. The van der Waals surface area contributed by atoms with Crippen molar-refractivity contribution in [3.05, 3.63) is 21.9 Å². The molecule has 3 atom stereocenters. The maximum absolute atomic E-state index is 11.4. The van der Waals surface area contributed by atoms with E-state index in [4.69, 9.17) is 4.74 Å². The first kappa shape index (κ1) is 16.0. The lowest BCUT2D eigenvalue weighted by Crippen LogP contribution is -2.17. The van der Waals surface area contributed by atoms with Gasteiger partial charge in [0, 0.05) is 17.4 Å². The number of methoxy groups -OCH3 is 1. The summed E-state index contributed by atoms with van der Waals surface area (Å²) < 4.78 is 4.70. The molecule has 0 radical (unpaired) electrons. The molecule has 4 nitrogen and oxygen atoms in total. The zero-order valence-electron chi connectivity index (χ0n) is 12.2. The molecule has 0 bridgehead atoms. The van der Waals surface area contributed by atoms with Crippen molar-refractivity contribution in [3.63, 3.8) is 0 Å². The number of carbonyl (C=O) groups is 1. The van der Waals surface area contributed by atoms with Crippen molar-refractivity contribution in [3.8, 4) is 6.07 Å². The quantitative estimate of drug-likeness (QED) is 0.820. The number of aliphatic hydroxyl groups is 1. The number of hydrogen-bond acceptors (Lipinski definition) is 5. The second-order valence-corrected chi connectivity index (χ2v) is 6.74. The fourth-order valence-electron chi connectivity index (χ4n) is 3.21. The van der Waals surface area contributed by atoms with Gasteiger partial charge in [0.15, 0.2) is 0 Å². The monoisotopic (exact) mass is 307 g/mol. The van der Waals surface area contributed by atoms with E-state index in [-0.39, 0.29) is 24.4 Å². The number of carbonyl (C=O) groups excluding carboxylic acids is 1. The molecule has 0 spiro atoms. The molecule has 0 aromatic carbocycles. The van der Waals surface area contributed by atoms with Gasteiger partial charge in [-0.05, 0) is 56.1 Å². The Hall–Kier alpha value is -1.38. The van der Waals surface area contributed by atoms with Crippen LogP contribution in [0.4, 0.5) is 0 Å². The molecule has 1 aromatic heterocycles. The van der Waals surface area contributed by atoms with Gasteiger partial charge in [-0.2, -0.15) is 5.26 Å². The molecule has 1 fully saturated rings. The van der Waals surface area contributed by atoms with Gasteiger partial charge in [-0.25, -0.2) is 4.79 Å². The molecule has 1 heterocycles. The summed E-state index contributed by atoms with van der Waals surface area (Å²) in [5, 5.41) is 18.6. The van der Waals surface area contributed by atoms with Crippen molar-refractivity contribution < 1.29 is 14.6 Å². The number of rotatable bonds is 6. The van der Waals surface area contributed by atoms with E-state index >= 15 is 0 Å². The fourth-order valence-corrected chi connectivity index (χ4v) is 4.18. The topological polar surface area (TPSA) is 70.3 Å². The van der Waals surface area contributed by atoms with Crippen LogP contribution in [0, 0.1) is 29.1 Å². The molecule has 1 aromatic rings. The highest BCUT2D eigenvalue weighted by atomic mass is 32.1. The summed E-state index contributed by atoms with van der Waals surface area (Å²) in [4.78, 5) is 13.2. The molecule has 1 saturated carbocycles. The van der Waals surface area contributed by atoms with E-state index in [1.165, 1.54) is 23.3 Å². The van der Waals surface area contributed by atoms with Crippen molar-refractivity contribution in [1.29, 1.82) is 5.26 Å². The molecule has 5 heteroatoms. The minimum atomic E-state index is -0.285. The molecule has 0 aliphatic heterocycles. The Morgan fingerprint density at radius 3 is 3.00 bits per heavy atom. The summed E-state index contributed by atoms with van der Waals surface area (Å²) in [7, 11) is 1.39. The van der Waals surface area contributed by atoms with Crippen molar-refractivity contribution in [2.75, 3.05) is 13.7 Å². The van der Waals surface area contributed by atoms with Crippen LogP contribution in [-0.2, 0) is 11.2 Å². The Labute approximate surface area is 129 Å². The second-order valence-electron chi connectivity index (χ2n) is 5.57. The average Bonchev–Trinajstić information content (AvgIpc) is 3.13. The second kappa shape index (κ2) is 7.58. The van der Waals surface area contributed by atoms with Crippen molar-refractivity contribution in [2.24, 2.45) is 17.8 Å². The number of aliphatic hydroxyl groups excluding tert-OH is 1. The lowest BCUT2D eigenvalue weighted by atomic mass is 9.86. The summed E-state index contributed by atoms with van der Waals surface area (Å²) in [5.41, 5.74) is 0. The molecular formula is C16H21NO3S. The minimum absolute atomic E-state index is 0.0936. The van der Waals surface area contributed by atoms with E-state index in [0.717, 1.165) is 32.1 Å². The summed E-state index contributed by atoms with van der Waals surface area (Å²) >= 11 is 1.47. The number of esters is 1. The fraction of sp³-hybridized carbons (Fsp3) is 0.625. The molecule has 0 saturated heterocycles. The van der Waals surface area contributed by atoms with Crippen molar-refractivity contribution in [2.45, 2.75) is 32.1 Å². The zero-order chi connectivity index (χ0) is 15.2. The maximum Gasteiger partial charge on any atom is 0.348 e. The highest BCUT2D eigenvalue weighted by Gasteiger charge is 2.35. The van der Waals surface area contributed by atoms with E-state index in [1.807, 2.05) is 6.07 Å². The molecule has 21 heavy (non-hydrogen) atoms. The van der Waals surface area contributed by atoms with Crippen LogP contribution >= 0.6 is 11.3 Å². The Balaban J connectivity index is 1.84. The van der Waals surface area contributed by atoms with Crippen molar-refractivity contribution in [1.82, 2.24) is 0 Å². The van der Waals surface area contributed by atoms with Gasteiger partial charge >= 0.3 is 5.97 Å². The molecule has 114 valence electrons. The number of thiophene rings is 1. The highest BCUT2D eigenvalue weighted by molar-refractivity contribution is 7.13. The van der Waals surface area contributed by atoms with Crippen LogP contribution < -0.4 is 0 Å². The Kier molecular flexibility index (Phi) is 5.77. The number of nitrogens with zero attached hydrogens (tertiary/aromatic N) is 1. The Bertz CT molecular complexity index is 520. The summed E-state index contributed by atoms with van der Waals surface area (Å²) in [6.07, 6.45) is 4.74. The molecule has 0 unspecified atom stereocenters. The van der Waals surface area contributed by atoms with Crippen LogP contribution in [0.1, 0.15) is 40.2 Å². The standard InChI is InChI=1S/C16H21NO3S/c1-20-16(19)15-8-7-13(21-15)3-2-4-14-11(9-17)5-6-12(14)10-18/h7-8,11-12,14,18H,2-6,10H2,1H3/t11-,12+,14-/m0/s1. The molecule has 1 aliphatic rings. The van der Waals surface area contributed by atoms with Gasteiger partial charge in [0.2, 0.25) is 0 Å². The van der Waals surface area contributed by atoms with Crippen LogP contribution in [0.5, 0.6) is 0 Å². The third kappa shape index (κ3) is 3.84. The third-order valence-electron chi connectivity index (χ3n) is 4.38. The van der Waals surface area contributed by atoms with Crippen LogP contribution in [0.25, 0.3) is 0 Å². The van der Waals surface area contributed by atoms with Crippen LogP contribution in [0.3, 0.4) is 0 Å². The average molecular weight is 307 g/mol. The van der Waals surface area contributed by atoms with Crippen LogP contribution in [0.15, 0.2) is 12.1 Å². The summed E-state index contributed by atoms with van der Waals surface area (Å²) in [6.45, 7) is 0.189. The first-order valence-electron chi connectivity index (χ1n) is 7.37. The first-order chi connectivity index (χ1) is 10.2. The predicted molar refractivity (Wildman–Crippen MR) is 81.0 cm³/mol. The first-order valence-corrected chi connectivity index (χ1v) is 8.18. The van der Waals surface area contributed by atoms with Gasteiger partial charge in [-0.1, -0.05) is 0 Å². The third-order valence-corrected chi connectivity index (χ3v) is 5.51. The largest absolute Gasteiger partial charge is 0.465 e. The number of aryl methyl sites for hydroxylation is 1.